The van der Waals surface area contributed by atoms with Crippen molar-refractivity contribution in [1.82, 2.24) is 4.90 Å². The van der Waals surface area contributed by atoms with E-state index in [1.165, 1.54) is 12.0 Å². The predicted octanol–water partition coefficient (Wildman–Crippen LogP) is 1.56. The Labute approximate surface area is 144 Å². The quantitative estimate of drug-likeness (QED) is 0.495. The van der Waals surface area contributed by atoms with Crippen LogP contribution >= 0.6 is 0 Å². The van der Waals surface area contributed by atoms with Crippen molar-refractivity contribution in [3.63, 3.8) is 0 Å². The van der Waals surface area contributed by atoms with E-state index in [1.54, 1.807) is 12.2 Å². The zero-order valence-corrected chi connectivity index (χ0v) is 13.5. The third-order valence-electron chi connectivity index (χ3n) is 4.15. The van der Waals surface area contributed by atoms with Gasteiger partial charge < -0.3 is 14.6 Å². The van der Waals surface area contributed by atoms with Crippen LogP contribution in [0.15, 0.2) is 47.7 Å². The van der Waals surface area contributed by atoms with Crippen molar-refractivity contribution < 1.29 is 29.0 Å². The molecular weight excluding hydrogens is 326 g/mol. The van der Waals surface area contributed by atoms with Gasteiger partial charge in [-0.15, -0.1) is 0 Å². The van der Waals surface area contributed by atoms with Gasteiger partial charge in [0, 0.05) is 6.42 Å². The molecule has 7 nitrogen and oxygen atoms in total. The minimum atomic E-state index is -1.20. The second-order valence-electron chi connectivity index (χ2n) is 5.67. The molecule has 2 aliphatic heterocycles. The molecular formula is C18H17NO6. The Kier molecular flexibility index (Phi) is 4.56. The van der Waals surface area contributed by atoms with Gasteiger partial charge >= 0.3 is 11.9 Å². The molecule has 7 heteroatoms. The smallest absolute Gasteiger partial charge is 0.336 e. The van der Waals surface area contributed by atoms with Crippen molar-refractivity contribution in [1.29, 1.82) is 0 Å². The van der Waals surface area contributed by atoms with E-state index in [1.807, 2.05) is 30.3 Å². The van der Waals surface area contributed by atoms with E-state index >= 15 is 0 Å². The second kappa shape index (κ2) is 6.80. The van der Waals surface area contributed by atoms with Gasteiger partial charge in [-0.3, -0.25) is 9.69 Å². The van der Waals surface area contributed by atoms with Crippen LogP contribution < -0.4 is 0 Å². The molecule has 1 aromatic rings. The van der Waals surface area contributed by atoms with Crippen molar-refractivity contribution in [2.24, 2.45) is 0 Å². The molecule has 1 aromatic carbocycles. The summed E-state index contributed by atoms with van der Waals surface area (Å²) in [5.41, 5.74) is 0.859. The van der Waals surface area contributed by atoms with Gasteiger partial charge in [-0.2, -0.15) is 0 Å². The van der Waals surface area contributed by atoms with Gasteiger partial charge in [-0.25, -0.2) is 9.59 Å². The summed E-state index contributed by atoms with van der Waals surface area (Å²) in [4.78, 5) is 36.7. The first-order valence-electron chi connectivity index (χ1n) is 7.76. The minimum Gasteiger partial charge on any atom is -0.478 e. The molecule has 0 bridgehead atoms. The van der Waals surface area contributed by atoms with E-state index in [4.69, 9.17) is 9.47 Å². The monoisotopic (exact) mass is 343 g/mol. The van der Waals surface area contributed by atoms with E-state index in [0.717, 1.165) is 5.56 Å². The number of hydrogen-bond acceptors (Lipinski definition) is 5. The maximum atomic E-state index is 12.0. The molecule has 2 heterocycles. The fourth-order valence-corrected chi connectivity index (χ4v) is 2.89. The van der Waals surface area contributed by atoms with Crippen molar-refractivity contribution in [2.45, 2.75) is 25.1 Å². The third-order valence-corrected chi connectivity index (χ3v) is 4.15. The van der Waals surface area contributed by atoms with Crippen molar-refractivity contribution in [2.75, 3.05) is 7.11 Å². The molecule has 25 heavy (non-hydrogen) atoms. The SMILES string of the molecule is COC(=O)C1C(=C(C/C=C/c2ccccc2)C(=O)O)O[C@@H]2CC(=O)N12. The number of carboxylic acids is 1. The molecule has 0 spiro atoms. The number of esters is 1. The van der Waals surface area contributed by atoms with Crippen LogP contribution in [-0.2, 0) is 23.9 Å². The Morgan fingerprint density at radius 3 is 2.68 bits per heavy atom. The van der Waals surface area contributed by atoms with Crippen LogP contribution in [0.1, 0.15) is 18.4 Å². The summed E-state index contributed by atoms with van der Waals surface area (Å²) in [6.45, 7) is 0. The zero-order valence-electron chi connectivity index (χ0n) is 13.5. The first-order chi connectivity index (χ1) is 12.0. The highest BCUT2D eigenvalue weighted by atomic mass is 16.6. The number of fused-ring (bicyclic) bond motifs is 1. The van der Waals surface area contributed by atoms with E-state index in [-0.39, 0.29) is 30.1 Å². The number of carbonyl (C=O) groups is 3. The number of ether oxygens (including phenoxy) is 2. The van der Waals surface area contributed by atoms with Gasteiger partial charge in [0.05, 0.1) is 19.1 Å². The molecule has 130 valence electrons. The van der Waals surface area contributed by atoms with Crippen LogP contribution in [0.4, 0.5) is 0 Å². The number of rotatable bonds is 5. The Morgan fingerprint density at radius 2 is 2.08 bits per heavy atom. The average molecular weight is 343 g/mol. The highest BCUT2D eigenvalue weighted by Crippen LogP contribution is 2.38. The Bertz CT molecular complexity index is 767. The van der Waals surface area contributed by atoms with E-state index < -0.39 is 24.2 Å². The number of carbonyl (C=O) groups excluding carboxylic acids is 2. The second-order valence-corrected chi connectivity index (χ2v) is 5.67. The third kappa shape index (κ3) is 3.13. The Balaban J connectivity index is 1.89. The molecule has 2 fully saturated rings. The average Bonchev–Trinajstić information content (AvgIpc) is 2.91. The van der Waals surface area contributed by atoms with Crippen LogP contribution in [0.2, 0.25) is 0 Å². The predicted molar refractivity (Wildman–Crippen MR) is 86.9 cm³/mol. The van der Waals surface area contributed by atoms with E-state index in [9.17, 15) is 19.5 Å². The summed E-state index contributed by atoms with van der Waals surface area (Å²) < 4.78 is 10.3. The van der Waals surface area contributed by atoms with Crippen LogP contribution in [-0.4, -0.2) is 47.2 Å². The van der Waals surface area contributed by atoms with Gasteiger partial charge in [-0.05, 0) is 5.56 Å². The van der Waals surface area contributed by atoms with Crippen LogP contribution in [0, 0.1) is 0 Å². The fraction of sp³-hybridized carbons (Fsp3) is 0.278. The summed E-state index contributed by atoms with van der Waals surface area (Å²) in [6.07, 6.45) is 3.05. The topological polar surface area (TPSA) is 93.1 Å². The number of methoxy groups -OCH3 is 1. The number of carboxylic acid groups (broad SMARTS) is 1. The van der Waals surface area contributed by atoms with Crippen molar-refractivity contribution in [3.8, 4) is 0 Å². The molecule has 2 saturated heterocycles. The number of benzene rings is 1. The van der Waals surface area contributed by atoms with E-state index in [2.05, 4.69) is 0 Å². The van der Waals surface area contributed by atoms with Crippen LogP contribution in [0.5, 0.6) is 0 Å². The summed E-state index contributed by atoms with van der Waals surface area (Å²) in [5.74, 6) is -2.19. The van der Waals surface area contributed by atoms with Crippen LogP contribution in [0.25, 0.3) is 6.08 Å². The molecule has 0 radical (unpaired) electrons. The molecule has 0 aromatic heterocycles. The van der Waals surface area contributed by atoms with Crippen molar-refractivity contribution >= 4 is 23.9 Å². The highest BCUT2D eigenvalue weighted by Gasteiger charge is 2.55. The first-order valence-corrected chi connectivity index (χ1v) is 7.76. The molecule has 0 aliphatic carbocycles. The Hall–Kier alpha value is -3.09. The van der Waals surface area contributed by atoms with Gasteiger partial charge in [0.2, 0.25) is 5.91 Å². The fourth-order valence-electron chi connectivity index (χ4n) is 2.89. The maximum Gasteiger partial charge on any atom is 0.336 e. The highest BCUT2D eigenvalue weighted by molar-refractivity contribution is 5.95. The normalized spacial score (nSPS) is 23.7. The number of aliphatic carboxylic acids is 1. The zero-order chi connectivity index (χ0) is 18.0. The Morgan fingerprint density at radius 1 is 1.36 bits per heavy atom. The standard InChI is InChI=1S/C18H17NO6/c1-24-18(23)15-16(25-14-10-13(20)19(14)15)12(17(21)22)9-5-8-11-6-3-2-4-7-11/h2-8,14-15H,9-10H2,1H3,(H,21,22)/b8-5+,16-12?/t14-,15?/m1/s1. The molecule has 1 N–H and O–H groups in total. The largest absolute Gasteiger partial charge is 0.478 e. The lowest BCUT2D eigenvalue weighted by Crippen LogP contribution is -2.55. The number of nitrogens with zero attached hydrogens (tertiary/aromatic N) is 1. The number of allylic oxidation sites excluding steroid dienone is 1. The molecule has 1 amide bonds. The first kappa shape index (κ1) is 16.8. The number of hydrogen-bond donors (Lipinski definition) is 1. The van der Waals surface area contributed by atoms with Gasteiger partial charge in [0.15, 0.2) is 12.3 Å². The summed E-state index contributed by atoms with van der Waals surface area (Å²) >= 11 is 0. The van der Waals surface area contributed by atoms with E-state index in [0.29, 0.717) is 0 Å². The summed E-state index contributed by atoms with van der Waals surface area (Å²) in [6, 6.07) is 8.28. The molecule has 2 atom stereocenters. The van der Waals surface area contributed by atoms with Crippen molar-refractivity contribution in [3.05, 3.63) is 53.3 Å². The molecule has 0 saturated carbocycles. The summed E-state index contributed by atoms with van der Waals surface area (Å²) in [7, 11) is 1.19. The number of amides is 1. The minimum absolute atomic E-state index is 0.0205. The summed E-state index contributed by atoms with van der Waals surface area (Å²) in [5, 5.41) is 9.53. The molecule has 1 unspecified atom stereocenters. The number of β-lactam (4-membered cyclic amide) rings is 1. The van der Waals surface area contributed by atoms with Crippen LogP contribution in [0.3, 0.4) is 0 Å². The lowest BCUT2D eigenvalue weighted by molar-refractivity contribution is -0.164. The molecule has 2 aliphatic rings. The van der Waals surface area contributed by atoms with Gasteiger partial charge in [0.1, 0.15) is 5.76 Å². The maximum absolute atomic E-state index is 12.0. The lowest BCUT2D eigenvalue weighted by Gasteiger charge is -2.33. The molecule has 3 rings (SSSR count). The van der Waals surface area contributed by atoms with Gasteiger partial charge in [0.25, 0.3) is 0 Å². The van der Waals surface area contributed by atoms with Gasteiger partial charge in [-0.1, -0.05) is 42.5 Å². The lowest BCUT2D eigenvalue weighted by atomic mass is 10.0.